The molecule has 3 nitrogen and oxygen atoms in total. The van der Waals surface area contributed by atoms with Crippen LogP contribution in [0.15, 0.2) is 24.3 Å². The molecule has 0 radical (unpaired) electrons. The summed E-state index contributed by atoms with van der Waals surface area (Å²) in [4.78, 5) is 11.3. The summed E-state index contributed by atoms with van der Waals surface area (Å²) in [6.45, 7) is 1.85. The Hall–Kier alpha value is -0.870. The summed E-state index contributed by atoms with van der Waals surface area (Å²) >= 11 is 5.70. The first-order chi connectivity index (χ1) is 7.93. The van der Waals surface area contributed by atoms with Gasteiger partial charge in [-0.3, -0.25) is 4.79 Å². The van der Waals surface area contributed by atoms with Crippen molar-refractivity contribution in [2.75, 3.05) is 5.75 Å². The van der Waals surface area contributed by atoms with Gasteiger partial charge in [0.05, 0.1) is 5.75 Å². The quantitative estimate of drug-likeness (QED) is 0.801. The second-order valence-corrected chi connectivity index (χ2v) is 6.45. The van der Waals surface area contributed by atoms with E-state index in [2.05, 4.69) is 0 Å². The van der Waals surface area contributed by atoms with E-state index in [1.807, 2.05) is 6.92 Å². The van der Waals surface area contributed by atoms with Crippen LogP contribution in [0.4, 0.5) is 0 Å². The maximum atomic E-state index is 11.7. The number of hydrogen-bond donors (Lipinski definition) is 0. The molecule has 0 spiro atoms. The van der Waals surface area contributed by atoms with E-state index in [1.54, 1.807) is 24.3 Å². The van der Waals surface area contributed by atoms with E-state index in [0.29, 0.717) is 23.4 Å². The fraction of sp³-hybridized carbons (Fsp3) is 0.417. The highest BCUT2D eigenvalue weighted by atomic mass is 35.5. The van der Waals surface area contributed by atoms with Gasteiger partial charge in [-0.05, 0) is 24.1 Å². The number of carbonyl (C=O) groups is 1. The molecular formula is C12H15ClO3S. The van der Waals surface area contributed by atoms with Gasteiger partial charge in [-0.2, -0.15) is 0 Å². The van der Waals surface area contributed by atoms with Crippen molar-refractivity contribution in [3.63, 3.8) is 0 Å². The summed E-state index contributed by atoms with van der Waals surface area (Å²) in [5.41, 5.74) is 0.652. The van der Waals surface area contributed by atoms with Crippen molar-refractivity contribution in [1.82, 2.24) is 0 Å². The maximum absolute atomic E-state index is 11.7. The molecule has 5 heteroatoms. The highest BCUT2D eigenvalue weighted by molar-refractivity contribution is 7.91. The second-order valence-electron chi connectivity index (χ2n) is 3.95. The van der Waals surface area contributed by atoms with Crippen molar-refractivity contribution >= 4 is 27.2 Å². The third-order valence-corrected chi connectivity index (χ3v) is 4.00. The lowest BCUT2D eigenvalue weighted by Crippen LogP contribution is -2.17. The third-order valence-electron chi connectivity index (χ3n) is 2.21. The van der Waals surface area contributed by atoms with Gasteiger partial charge in [0.1, 0.15) is 11.5 Å². The molecule has 94 valence electrons. The Bertz CT molecular complexity index is 477. The van der Waals surface area contributed by atoms with Crippen LogP contribution in [0.5, 0.6) is 0 Å². The fourth-order valence-corrected chi connectivity index (χ4v) is 3.05. The first-order valence-electron chi connectivity index (χ1n) is 5.39. The van der Waals surface area contributed by atoms with Crippen molar-refractivity contribution in [2.45, 2.75) is 25.5 Å². The van der Waals surface area contributed by atoms with Crippen LogP contribution in [0, 0.1) is 0 Å². The molecule has 0 saturated heterocycles. The lowest BCUT2D eigenvalue weighted by Gasteiger charge is -2.03. The van der Waals surface area contributed by atoms with Crippen LogP contribution in [0.2, 0.25) is 5.02 Å². The Balaban J connectivity index is 2.66. The van der Waals surface area contributed by atoms with Crippen LogP contribution in [0.25, 0.3) is 0 Å². The number of rotatable bonds is 6. The lowest BCUT2D eigenvalue weighted by molar-refractivity contribution is -0.116. The smallest absolute Gasteiger partial charge is 0.161 e. The Kier molecular flexibility index (Phi) is 5.15. The Morgan fingerprint density at radius 3 is 2.35 bits per heavy atom. The van der Waals surface area contributed by atoms with Gasteiger partial charge in [0.15, 0.2) is 9.84 Å². The Morgan fingerprint density at radius 1 is 1.24 bits per heavy atom. The van der Waals surface area contributed by atoms with Crippen LogP contribution in [0.1, 0.15) is 25.3 Å². The van der Waals surface area contributed by atoms with Gasteiger partial charge < -0.3 is 0 Å². The Labute approximate surface area is 107 Å². The van der Waals surface area contributed by atoms with Crippen molar-refractivity contribution < 1.29 is 13.2 Å². The molecule has 1 rings (SSSR count). The zero-order valence-electron chi connectivity index (χ0n) is 9.65. The standard InChI is InChI=1S/C12H15ClO3S/c1-2-3-12(14)9-17(15,16)8-10-4-6-11(13)7-5-10/h4-7H,2-3,8-9H2,1H3. The molecule has 17 heavy (non-hydrogen) atoms. The van der Waals surface area contributed by atoms with E-state index in [0.717, 1.165) is 0 Å². The number of sulfone groups is 1. The van der Waals surface area contributed by atoms with Crippen LogP contribution in [-0.4, -0.2) is 20.0 Å². The van der Waals surface area contributed by atoms with Gasteiger partial charge >= 0.3 is 0 Å². The van der Waals surface area contributed by atoms with Crippen molar-refractivity contribution in [2.24, 2.45) is 0 Å². The van der Waals surface area contributed by atoms with Crippen molar-refractivity contribution in [3.05, 3.63) is 34.9 Å². The predicted octanol–water partition coefficient (Wildman–Crippen LogP) is 2.62. The number of benzene rings is 1. The summed E-state index contributed by atoms with van der Waals surface area (Å²) in [5.74, 6) is -0.704. The Morgan fingerprint density at radius 2 is 1.82 bits per heavy atom. The maximum Gasteiger partial charge on any atom is 0.161 e. The molecule has 0 aliphatic carbocycles. The van der Waals surface area contributed by atoms with Crippen LogP contribution >= 0.6 is 11.6 Å². The summed E-state index contributed by atoms with van der Waals surface area (Å²) in [6.07, 6.45) is 0.995. The van der Waals surface area contributed by atoms with Gasteiger partial charge in [0, 0.05) is 11.4 Å². The average molecular weight is 275 g/mol. The van der Waals surface area contributed by atoms with Crippen LogP contribution in [-0.2, 0) is 20.4 Å². The van der Waals surface area contributed by atoms with E-state index >= 15 is 0 Å². The third kappa shape index (κ3) is 5.33. The molecule has 0 aromatic heterocycles. The van der Waals surface area contributed by atoms with Crippen LogP contribution in [0.3, 0.4) is 0 Å². The van der Waals surface area contributed by atoms with E-state index in [4.69, 9.17) is 11.6 Å². The topological polar surface area (TPSA) is 51.2 Å². The van der Waals surface area contributed by atoms with Gasteiger partial charge in [0.2, 0.25) is 0 Å². The molecule has 0 unspecified atom stereocenters. The highest BCUT2D eigenvalue weighted by Gasteiger charge is 2.16. The predicted molar refractivity (Wildman–Crippen MR) is 68.9 cm³/mol. The highest BCUT2D eigenvalue weighted by Crippen LogP contribution is 2.12. The largest absolute Gasteiger partial charge is 0.299 e. The van der Waals surface area contributed by atoms with E-state index in [-0.39, 0.29) is 17.3 Å². The SMILES string of the molecule is CCCC(=O)CS(=O)(=O)Cc1ccc(Cl)cc1. The monoisotopic (exact) mass is 274 g/mol. The molecule has 1 aromatic carbocycles. The van der Waals surface area contributed by atoms with Crippen molar-refractivity contribution in [1.29, 1.82) is 0 Å². The number of ketones is 1. The molecule has 0 atom stereocenters. The molecule has 0 aliphatic heterocycles. The molecule has 0 fully saturated rings. The normalized spacial score (nSPS) is 11.4. The second kappa shape index (κ2) is 6.17. The number of carbonyl (C=O) groups excluding carboxylic acids is 1. The van der Waals surface area contributed by atoms with Crippen molar-refractivity contribution in [3.8, 4) is 0 Å². The fourth-order valence-electron chi connectivity index (χ4n) is 1.48. The van der Waals surface area contributed by atoms with E-state index < -0.39 is 9.84 Å². The minimum atomic E-state index is -3.36. The minimum absolute atomic E-state index is 0.111. The molecule has 0 heterocycles. The van der Waals surface area contributed by atoms with E-state index in [9.17, 15) is 13.2 Å². The first-order valence-corrected chi connectivity index (χ1v) is 7.59. The molecule has 0 N–H and O–H groups in total. The first kappa shape index (κ1) is 14.2. The summed E-state index contributed by atoms with van der Waals surface area (Å²) in [5, 5.41) is 0.563. The molecule has 1 aromatic rings. The van der Waals surface area contributed by atoms with Crippen LogP contribution < -0.4 is 0 Å². The number of Topliss-reactive ketones (excluding diaryl/α,β-unsaturated/α-hetero) is 1. The zero-order valence-corrected chi connectivity index (χ0v) is 11.2. The number of hydrogen-bond acceptors (Lipinski definition) is 3. The summed E-state index contributed by atoms with van der Waals surface area (Å²) in [7, 11) is -3.36. The summed E-state index contributed by atoms with van der Waals surface area (Å²) in [6, 6.07) is 6.59. The van der Waals surface area contributed by atoms with Gasteiger partial charge in [-0.15, -0.1) is 0 Å². The van der Waals surface area contributed by atoms with Gasteiger partial charge in [-0.1, -0.05) is 30.7 Å². The molecular weight excluding hydrogens is 260 g/mol. The molecule has 0 amide bonds. The van der Waals surface area contributed by atoms with Gasteiger partial charge in [-0.25, -0.2) is 8.42 Å². The number of halogens is 1. The lowest BCUT2D eigenvalue weighted by atomic mass is 10.2. The average Bonchev–Trinajstić information content (AvgIpc) is 2.20. The molecule has 0 bridgehead atoms. The van der Waals surface area contributed by atoms with Gasteiger partial charge in [0.25, 0.3) is 0 Å². The zero-order chi connectivity index (χ0) is 12.9. The van der Waals surface area contributed by atoms with E-state index in [1.165, 1.54) is 0 Å². The summed E-state index contributed by atoms with van der Waals surface area (Å²) < 4.78 is 23.4. The minimum Gasteiger partial charge on any atom is -0.299 e. The molecule has 0 aliphatic rings. The molecule has 0 saturated carbocycles.